The smallest absolute Gasteiger partial charge is 0.179 e. The van der Waals surface area contributed by atoms with Crippen molar-refractivity contribution >= 4 is 40.3 Å². The van der Waals surface area contributed by atoms with Gasteiger partial charge in [0.2, 0.25) is 0 Å². The van der Waals surface area contributed by atoms with Gasteiger partial charge in [-0.1, -0.05) is 42.5 Å². The molecule has 2 heterocycles. The number of thiophene rings is 1. The van der Waals surface area contributed by atoms with Crippen LogP contribution in [0.4, 0.5) is 0 Å². The second-order valence-electron chi connectivity index (χ2n) is 6.50. The Labute approximate surface area is 140 Å². The van der Waals surface area contributed by atoms with Gasteiger partial charge in [-0.05, 0) is 50.3 Å². The lowest BCUT2D eigenvalue weighted by molar-refractivity contribution is 0.0611. The Balaban J connectivity index is 1.55. The maximum absolute atomic E-state index is 12.3. The lowest BCUT2D eigenvalue weighted by atomic mass is 9.68. The van der Waals surface area contributed by atoms with Crippen molar-refractivity contribution in [2.45, 2.75) is 44.9 Å². The van der Waals surface area contributed by atoms with Gasteiger partial charge in [0, 0.05) is 0 Å². The van der Waals surface area contributed by atoms with E-state index >= 15 is 0 Å². The molecule has 21 heavy (non-hydrogen) atoms. The van der Waals surface area contributed by atoms with Gasteiger partial charge >= 0.3 is 0 Å². The fourth-order valence-electron chi connectivity index (χ4n) is 3.81. The summed E-state index contributed by atoms with van der Waals surface area (Å²) in [5, 5.41) is 0. The van der Waals surface area contributed by atoms with Crippen molar-refractivity contribution in [1.82, 2.24) is 4.90 Å². The molecule has 0 bridgehead atoms. The molecule has 0 atom stereocenters. The maximum atomic E-state index is 12.3. The largest absolute Gasteiger partial charge is 0.296 e. The highest BCUT2D eigenvalue weighted by Gasteiger charge is 2.35. The van der Waals surface area contributed by atoms with E-state index in [1.54, 1.807) is 6.07 Å². The molecular weight excluding hydrogens is 325 g/mol. The van der Waals surface area contributed by atoms with E-state index in [0.29, 0.717) is 26.2 Å². The van der Waals surface area contributed by atoms with E-state index < -0.39 is 0 Å². The first-order chi connectivity index (χ1) is 10.1. The summed E-state index contributed by atoms with van der Waals surface area (Å²) in [5.74, 6) is 0.0998. The molecule has 1 aliphatic heterocycles. The molecule has 2 aliphatic rings. The lowest BCUT2D eigenvalue weighted by Gasteiger charge is -2.44. The van der Waals surface area contributed by atoms with Crippen LogP contribution in [0.5, 0.6) is 0 Å². The van der Waals surface area contributed by atoms with Crippen LogP contribution >= 0.6 is 34.5 Å². The van der Waals surface area contributed by atoms with Crippen LogP contribution in [0.1, 0.15) is 55.3 Å². The van der Waals surface area contributed by atoms with Crippen molar-refractivity contribution in [3.63, 3.8) is 0 Å². The Morgan fingerprint density at radius 3 is 2.38 bits per heavy atom. The van der Waals surface area contributed by atoms with Gasteiger partial charge in [0.05, 0.1) is 16.4 Å². The predicted octanol–water partition coefficient (Wildman–Crippen LogP) is 5.28. The van der Waals surface area contributed by atoms with E-state index in [1.165, 1.54) is 56.3 Å². The van der Waals surface area contributed by atoms with E-state index in [4.69, 9.17) is 23.2 Å². The molecule has 3 rings (SSSR count). The van der Waals surface area contributed by atoms with Crippen molar-refractivity contribution < 1.29 is 4.79 Å². The van der Waals surface area contributed by atoms with Gasteiger partial charge in [0.1, 0.15) is 4.34 Å². The van der Waals surface area contributed by atoms with Crippen LogP contribution in [-0.4, -0.2) is 30.3 Å². The van der Waals surface area contributed by atoms with Crippen LogP contribution in [-0.2, 0) is 0 Å². The van der Waals surface area contributed by atoms with Crippen LogP contribution in [0.25, 0.3) is 0 Å². The van der Waals surface area contributed by atoms with E-state index in [9.17, 15) is 4.79 Å². The first kappa shape index (κ1) is 15.8. The second-order valence-corrected chi connectivity index (χ2v) is 8.78. The number of nitrogens with zero attached hydrogens (tertiary/aromatic N) is 1. The Hall–Kier alpha value is -0.0900. The molecule has 1 aromatic heterocycles. The molecule has 1 saturated heterocycles. The zero-order chi connectivity index (χ0) is 14.9. The summed E-state index contributed by atoms with van der Waals surface area (Å²) in [7, 11) is 0. The van der Waals surface area contributed by atoms with Gasteiger partial charge in [0.15, 0.2) is 5.78 Å². The number of hydrogen-bond acceptors (Lipinski definition) is 3. The Kier molecular flexibility index (Phi) is 4.94. The van der Waals surface area contributed by atoms with Gasteiger partial charge < -0.3 is 0 Å². The van der Waals surface area contributed by atoms with E-state index in [0.717, 1.165) is 13.1 Å². The Morgan fingerprint density at radius 2 is 1.81 bits per heavy atom. The quantitative estimate of drug-likeness (QED) is 0.694. The van der Waals surface area contributed by atoms with Crippen molar-refractivity contribution in [1.29, 1.82) is 0 Å². The van der Waals surface area contributed by atoms with Crippen molar-refractivity contribution in [3.05, 3.63) is 20.3 Å². The molecule has 2 nitrogen and oxygen atoms in total. The minimum absolute atomic E-state index is 0.0998. The number of ketones is 1. The minimum Gasteiger partial charge on any atom is -0.296 e. The first-order valence-corrected chi connectivity index (χ1v) is 9.36. The first-order valence-electron chi connectivity index (χ1n) is 7.78. The van der Waals surface area contributed by atoms with Crippen molar-refractivity contribution in [2.24, 2.45) is 5.41 Å². The number of carbonyl (C=O) groups excluding carboxylic acids is 1. The number of halogens is 2. The standard InChI is InChI=1S/C16H21Cl2NOS/c17-14-10-12(15(18)21-14)13(20)11-19-8-6-16(7-9-19)4-2-1-3-5-16/h10H,1-9,11H2. The number of rotatable bonds is 3. The molecule has 1 spiro atoms. The normalized spacial score (nSPS) is 22.6. The molecule has 0 N–H and O–H groups in total. The van der Waals surface area contributed by atoms with Gasteiger partial charge in [-0.25, -0.2) is 0 Å². The van der Waals surface area contributed by atoms with Gasteiger partial charge in [-0.15, -0.1) is 11.3 Å². The molecule has 1 aliphatic carbocycles. The Morgan fingerprint density at radius 1 is 1.14 bits per heavy atom. The summed E-state index contributed by atoms with van der Waals surface area (Å²) < 4.78 is 1.11. The minimum atomic E-state index is 0.0998. The molecular formula is C16H21Cl2NOS. The highest BCUT2D eigenvalue weighted by atomic mass is 35.5. The fraction of sp³-hybridized carbons (Fsp3) is 0.688. The molecule has 0 amide bonds. The second kappa shape index (κ2) is 6.57. The summed E-state index contributed by atoms with van der Waals surface area (Å²) in [6.45, 7) is 2.56. The zero-order valence-corrected chi connectivity index (χ0v) is 14.5. The maximum Gasteiger partial charge on any atom is 0.179 e. The van der Waals surface area contributed by atoms with Gasteiger partial charge in [-0.2, -0.15) is 0 Å². The van der Waals surface area contributed by atoms with Crippen LogP contribution in [0.2, 0.25) is 8.67 Å². The van der Waals surface area contributed by atoms with Crippen LogP contribution in [0, 0.1) is 5.41 Å². The molecule has 5 heteroatoms. The molecule has 0 unspecified atom stereocenters. The highest BCUT2D eigenvalue weighted by Crippen LogP contribution is 2.44. The summed E-state index contributed by atoms with van der Waals surface area (Å²) >= 11 is 13.3. The SMILES string of the molecule is O=C(CN1CCC2(CCCCC2)CC1)c1cc(Cl)sc1Cl. The molecule has 2 fully saturated rings. The molecule has 1 saturated carbocycles. The van der Waals surface area contributed by atoms with Crippen molar-refractivity contribution in [2.75, 3.05) is 19.6 Å². The zero-order valence-electron chi connectivity index (χ0n) is 12.2. The van der Waals surface area contributed by atoms with Crippen molar-refractivity contribution in [3.8, 4) is 0 Å². The summed E-state index contributed by atoms with van der Waals surface area (Å²) in [5.41, 5.74) is 1.17. The number of carbonyl (C=O) groups is 1. The van der Waals surface area contributed by atoms with Crippen LogP contribution < -0.4 is 0 Å². The van der Waals surface area contributed by atoms with Gasteiger partial charge in [-0.3, -0.25) is 9.69 Å². The Bertz CT molecular complexity index is 512. The topological polar surface area (TPSA) is 20.3 Å². The fourth-order valence-corrected chi connectivity index (χ4v) is 5.30. The molecule has 0 radical (unpaired) electrons. The average molecular weight is 346 g/mol. The van der Waals surface area contributed by atoms with E-state index in [2.05, 4.69) is 4.90 Å². The molecule has 116 valence electrons. The molecule has 0 aromatic carbocycles. The third kappa shape index (κ3) is 3.64. The van der Waals surface area contributed by atoms with E-state index in [-0.39, 0.29) is 5.78 Å². The van der Waals surface area contributed by atoms with E-state index in [1.807, 2.05) is 0 Å². The lowest BCUT2D eigenvalue weighted by Crippen LogP contribution is -2.43. The predicted molar refractivity (Wildman–Crippen MR) is 89.9 cm³/mol. The van der Waals surface area contributed by atoms with Crippen LogP contribution in [0.3, 0.4) is 0 Å². The number of piperidine rings is 1. The summed E-state index contributed by atoms with van der Waals surface area (Å²) in [6.07, 6.45) is 9.46. The molecule has 1 aromatic rings. The number of Topliss-reactive ketones (excluding diaryl/α,β-unsaturated/α-hetero) is 1. The summed E-state index contributed by atoms with van der Waals surface area (Å²) in [4.78, 5) is 14.6. The summed E-state index contributed by atoms with van der Waals surface area (Å²) in [6, 6.07) is 1.70. The van der Waals surface area contributed by atoms with Crippen LogP contribution in [0.15, 0.2) is 6.07 Å². The third-order valence-electron chi connectivity index (χ3n) is 5.16. The number of hydrogen-bond donors (Lipinski definition) is 0. The highest BCUT2D eigenvalue weighted by molar-refractivity contribution is 7.20. The number of likely N-dealkylation sites (tertiary alicyclic amines) is 1. The third-order valence-corrected chi connectivity index (χ3v) is 6.64. The monoisotopic (exact) mass is 345 g/mol. The average Bonchev–Trinajstić information content (AvgIpc) is 2.82. The van der Waals surface area contributed by atoms with Gasteiger partial charge in [0.25, 0.3) is 0 Å².